The van der Waals surface area contributed by atoms with E-state index in [0.29, 0.717) is 18.8 Å². The zero-order valence-electron chi connectivity index (χ0n) is 13.7. The molecule has 0 aliphatic carbocycles. The molecule has 1 heterocycles. The van der Waals surface area contributed by atoms with E-state index in [9.17, 15) is 9.59 Å². The third-order valence-electron chi connectivity index (χ3n) is 3.71. The molecule has 1 aliphatic heterocycles. The molecule has 0 spiro atoms. The van der Waals surface area contributed by atoms with E-state index in [0.717, 1.165) is 5.56 Å². The van der Waals surface area contributed by atoms with Gasteiger partial charge in [0, 0.05) is 13.1 Å². The molecule has 2 rings (SSSR count). The Morgan fingerprint density at radius 1 is 1.36 bits per heavy atom. The molecule has 5 nitrogen and oxygen atoms in total. The van der Waals surface area contributed by atoms with Gasteiger partial charge in [-0.25, -0.2) is 0 Å². The molecule has 1 saturated heterocycles. The minimum absolute atomic E-state index is 0.0254. The van der Waals surface area contributed by atoms with Gasteiger partial charge >= 0.3 is 0 Å². The first-order valence-corrected chi connectivity index (χ1v) is 7.60. The van der Waals surface area contributed by atoms with E-state index in [-0.39, 0.29) is 23.8 Å². The maximum atomic E-state index is 12.4. The van der Waals surface area contributed by atoms with Gasteiger partial charge in [0.15, 0.2) is 6.10 Å². The second-order valence-corrected chi connectivity index (χ2v) is 6.65. The number of rotatable bonds is 3. The predicted molar refractivity (Wildman–Crippen MR) is 84.8 cm³/mol. The van der Waals surface area contributed by atoms with Gasteiger partial charge in [0.1, 0.15) is 5.75 Å². The molecular formula is C17H24N2O3. The standard InChI is InChI=1S/C17H24N2O3/c1-12(16(21)19-9-8-18-15(20)11-19)22-14-7-5-6-13(10-14)17(2,3)4/h5-7,10,12H,8-9,11H2,1-4H3,(H,18,20). The number of hydrogen-bond donors (Lipinski definition) is 1. The van der Waals surface area contributed by atoms with Crippen molar-refractivity contribution in [2.45, 2.75) is 39.2 Å². The Bertz CT molecular complexity index is 563. The Hall–Kier alpha value is -2.04. The molecule has 22 heavy (non-hydrogen) atoms. The summed E-state index contributed by atoms with van der Waals surface area (Å²) in [6, 6.07) is 7.80. The van der Waals surface area contributed by atoms with E-state index in [1.165, 1.54) is 4.90 Å². The second kappa shape index (κ2) is 6.38. The lowest BCUT2D eigenvalue weighted by Gasteiger charge is -2.29. The fourth-order valence-electron chi connectivity index (χ4n) is 2.37. The molecule has 0 aromatic heterocycles. The van der Waals surface area contributed by atoms with E-state index in [1.807, 2.05) is 24.3 Å². The van der Waals surface area contributed by atoms with Crippen LogP contribution in [0.5, 0.6) is 5.75 Å². The monoisotopic (exact) mass is 304 g/mol. The number of amides is 2. The van der Waals surface area contributed by atoms with E-state index >= 15 is 0 Å². The van der Waals surface area contributed by atoms with Crippen LogP contribution in [0.15, 0.2) is 24.3 Å². The minimum atomic E-state index is -0.610. The number of nitrogens with zero attached hydrogens (tertiary/aromatic N) is 1. The fraction of sp³-hybridized carbons (Fsp3) is 0.529. The van der Waals surface area contributed by atoms with Crippen molar-refractivity contribution in [3.63, 3.8) is 0 Å². The number of piperazine rings is 1. The quantitative estimate of drug-likeness (QED) is 0.925. The molecule has 1 atom stereocenters. The van der Waals surface area contributed by atoms with Gasteiger partial charge in [-0.2, -0.15) is 0 Å². The Kier molecular flexibility index (Phi) is 4.74. The van der Waals surface area contributed by atoms with Gasteiger partial charge in [0.2, 0.25) is 5.91 Å². The van der Waals surface area contributed by atoms with Crippen molar-refractivity contribution in [3.8, 4) is 5.75 Å². The Labute approximate surface area is 131 Å². The van der Waals surface area contributed by atoms with Crippen molar-refractivity contribution in [1.82, 2.24) is 10.2 Å². The smallest absolute Gasteiger partial charge is 0.263 e. The van der Waals surface area contributed by atoms with Crippen LogP contribution in [-0.4, -0.2) is 42.5 Å². The molecular weight excluding hydrogens is 280 g/mol. The first kappa shape index (κ1) is 16.3. The Balaban J connectivity index is 2.03. The van der Waals surface area contributed by atoms with Crippen LogP contribution in [0.25, 0.3) is 0 Å². The zero-order chi connectivity index (χ0) is 16.3. The summed E-state index contributed by atoms with van der Waals surface area (Å²) >= 11 is 0. The van der Waals surface area contributed by atoms with E-state index in [1.54, 1.807) is 6.92 Å². The van der Waals surface area contributed by atoms with Crippen LogP contribution in [0, 0.1) is 0 Å². The fourth-order valence-corrected chi connectivity index (χ4v) is 2.37. The summed E-state index contributed by atoms with van der Waals surface area (Å²) in [4.78, 5) is 25.3. The van der Waals surface area contributed by atoms with Crippen LogP contribution in [0.2, 0.25) is 0 Å². The highest BCUT2D eigenvalue weighted by Crippen LogP contribution is 2.26. The number of ether oxygens (including phenoxy) is 1. The summed E-state index contributed by atoms with van der Waals surface area (Å²) in [5, 5.41) is 2.71. The average Bonchev–Trinajstić information content (AvgIpc) is 2.46. The molecule has 0 radical (unpaired) electrons. The van der Waals surface area contributed by atoms with E-state index in [2.05, 4.69) is 26.1 Å². The maximum Gasteiger partial charge on any atom is 0.263 e. The van der Waals surface area contributed by atoms with Crippen molar-refractivity contribution >= 4 is 11.8 Å². The summed E-state index contributed by atoms with van der Waals surface area (Å²) in [6.07, 6.45) is -0.610. The van der Waals surface area contributed by atoms with E-state index < -0.39 is 6.10 Å². The molecule has 1 N–H and O–H groups in total. The highest BCUT2D eigenvalue weighted by Gasteiger charge is 2.26. The molecule has 1 aliphatic rings. The van der Waals surface area contributed by atoms with E-state index in [4.69, 9.17) is 4.74 Å². The lowest BCUT2D eigenvalue weighted by molar-refractivity contribution is -0.143. The number of carbonyl (C=O) groups is 2. The number of hydrogen-bond acceptors (Lipinski definition) is 3. The molecule has 5 heteroatoms. The van der Waals surface area contributed by atoms with Gasteiger partial charge in [-0.05, 0) is 30.0 Å². The molecule has 0 bridgehead atoms. The third kappa shape index (κ3) is 4.00. The molecule has 1 aromatic carbocycles. The Morgan fingerprint density at radius 2 is 2.09 bits per heavy atom. The zero-order valence-corrected chi connectivity index (χ0v) is 13.7. The van der Waals surface area contributed by atoms with Gasteiger partial charge in [0.05, 0.1) is 6.54 Å². The molecule has 1 unspecified atom stereocenters. The largest absolute Gasteiger partial charge is 0.481 e. The summed E-state index contributed by atoms with van der Waals surface area (Å²) in [5.74, 6) is 0.396. The van der Waals surface area contributed by atoms with Crippen molar-refractivity contribution in [1.29, 1.82) is 0 Å². The van der Waals surface area contributed by atoms with Crippen LogP contribution in [0.1, 0.15) is 33.3 Å². The van der Waals surface area contributed by atoms with Crippen molar-refractivity contribution in [2.75, 3.05) is 19.6 Å². The predicted octanol–water partition coefficient (Wildman–Crippen LogP) is 1.71. The van der Waals surface area contributed by atoms with Crippen LogP contribution in [0.4, 0.5) is 0 Å². The summed E-state index contributed by atoms with van der Waals surface area (Å²) in [5.41, 5.74) is 1.18. The maximum absolute atomic E-state index is 12.4. The van der Waals surface area contributed by atoms with Gasteiger partial charge in [-0.15, -0.1) is 0 Å². The summed E-state index contributed by atoms with van der Waals surface area (Å²) in [6.45, 7) is 9.25. The molecule has 0 saturated carbocycles. The highest BCUT2D eigenvalue weighted by atomic mass is 16.5. The van der Waals surface area contributed by atoms with Crippen molar-refractivity contribution in [2.24, 2.45) is 0 Å². The van der Waals surface area contributed by atoms with Crippen LogP contribution >= 0.6 is 0 Å². The number of nitrogens with one attached hydrogen (secondary N) is 1. The molecule has 2 amide bonds. The van der Waals surface area contributed by atoms with Crippen LogP contribution in [-0.2, 0) is 15.0 Å². The van der Waals surface area contributed by atoms with Gasteiger partial charge in [0.25, 0.3) is 5.91 Å². The van der Waals surface area contributed by atoms with Crippen molar-refractivity contribution in [3.05, 3.63) is 29.8 Å². The number of benzene rings is 1. The molecule has 120 valence electrons. The second-order valence-electron chi connectivity index (χ2n) is 6.65. The van der Waals surface area contributed by atoms with Crippen LogP contribution in [0.3, 0.4) is 0 Å². The minimum Gasteiger partial charge on any atom is -0.481 e. The highest BCUT2D eigenvalue weighted by molar-refractivity contribution is 5.88. The average molecular weight is 304 g/mol. The molecule has 1 fully saturated rings. The van der Waals surface area contributed by atoms with Crippen LogP contribution < -0.4 is 10.1 Å². The first-order valence-electron chi connectivity index (χ1n) is 7.60. The first-order chi connectivity index (χ1) is 10.3. The van der Waals surface area contributed by atoms with Gasteiger partial charge in [-0.3, -0.25) is 9.59 Å². The number of carbonyl (C=O) groups excluding carboxylic acids is 2. The normalized spacial score (nSPS) is 16.9. The summed E-state index contributed by atoms with van der Waals surface area (Å²) in [7, 11) is 0. The van der Waals surface area contributed by atoms with Crippen molar-refractivity contribution < 1.29 is 14.3 Å². The molecule has 1 aromatic rings. The lowest BCUT2D eigenvalue weighted by Crippen LogP contribution is -2.53. The SMILES string of the molecule is CC(Oc1cccc(C(C)(C)C)c1)C(=O)N1CCNC(=O)C1. The Morgan fingerprint density at radius 3 is 2.73 bits per heavy atom. The summed E-state index contributed by atoms with van der Waals surface area (Å²) < 4.78 is 5.78. The lowest BCUT2D eigenvalue weighted by atomic mass is 9.87. The van der Waals surface area contributed by atoms with Gasteiger partial charge < -0.3 is 15.0 Å². The third-order valence-corrected chi connectivity index (χ3v) is 3.71. The van der Waals surface area contributed by atoms with Gasteiger partial charge in [-0.1, -0.05) is 32.9 Å². The topological polar surface area (TPSA) is 58.6 Å².